The fraction of sp³-hybridized carbons (Fsp3) is 0.111. The summed E-state index contributed by atoms with van der Waals surface area (Å²) in [5.74, 6) is 0. The van der Waals surface area contributed by atoms with E-state index in [1.807, 2.05) is 18.2 Å². The van der Waals surface area contributed by atoms with Crippen molar-refractivity contribution in [3.8, 4) is 0 Å². The van der Waals surface area contributed by atoms with E-state index in [0.717, 1.165) is 22.3 Å². The number of nitrogens with zero attached hydrogens (tertiary/aromatic N) is 2. The third-order valence-corrected chi connectivity index (χ3v) is 2.67. The maximum absolute atomic E-state index is 10.5. The van der Waals surface area contributed by atoms with Crippen LogP contribution >= 0.6 is 11.3 Å². The molecule has 0 fully saturated rings. The van der Waals surface area contributed by atoms with Crippen LogP contribution in [0.4, 0.5) is 5.69 Å². The maximum atomic E-state index is 10.5. The molecule has 2 aromatic rings. The van der Waals surface area contributed by atoms with Crippen LogP contribution in [0.3, 0.4) is 0 Å². The standard InChI is InChI=1S/C9H8N2OS/c1-11(6-12)7-2-3-8-9(4-7)13-5-10-8/h2-6H,1H3. The minimum atomic E-state index is 0.794. The molecule has 0 spiro atoms. The first-order chi connectivity index (χ1) is 6.31. The summed E-state index contributed by atoms with van der Waals surface area (Å²) in [6.45, 7) is 0. The van der Waals surface area contributed by atoms with Crippen LogP contribution in [0.15, 0.2) is 23.7 Å². The zero-order valence-corrected chi connectivity index (χ0v) is 7.91. The van der Waals surface area contributed by atoms with E-state index in [2.05, 4.69) is 4.98 Å². The number of aromatic nitrogens is 1. The molecule has 4 heteroatoms. The fourth-order valence-electron chi connectivity index (χ4n) is 1.12. The Kier molecular flexibility index (Phi) is 1.98. The van der Waals surface area contributed by atoms with Crippen LogP contribution < -0.4 is 4.90 Å². The third kappa shape index (κ3) is 1.40. The predicted octanol–water partition coefficient (Wildman–Crippen LogP) is 1.89. The molecular formula is C9H8N2OS. The summed E-state index contributed by atoms with van der Waals surface area (Å²) >= 11 is 1.58. The predicted molar refractivity (Wildman–Crippen MR) is 54.1 cm³/mol. The van der Waals surface area contributed by atoms with Crippen molar-refractivity contribution >= 4 is 33.7 Å². The number of thiazole rings is 1. The van der Waals surface area contributed by atoms with Crippen molar-refractivity contribution in [3.63, 3.8) is 0 Å². The Morgan fingerprint density at radius 2 is 2.38 bits per heavy atom. The van der Waals surface area contributed by atoms with Gasteiger partial charge in [0.2, 0.25) is 6.41 Å². The molecule has 13 heavy (non-hydrogen) atoms. The topological polar surface area (TPSA) is 33.2 Å². The highest BCUT2D eigenvalue weighted by atomic mass is 32.1. The minimum Gasteiger partial charge on any atom is -0.318 e. The average Bonchev–Trinajstić information content (AvgIpc) is 2.63. The molecule has 0 radical (unpaired) electrons. The van der Waals surface area contributed by atoms with E-state index in [9.17, 15) is 4.79 Å². The summed E-state index contributed by atoms with van der Waals surface area (Å²) < 4.78 is 1.10. The lowest BCUT2D eigenvalue weighted by atomic mass is 10.3. The van der Waals surface area contributed by atoms with E-state index in [-0.39, 0.29) is 0 Å². The van der Waals surface area contributed by atoms with Crippen molar-refractivity contribution in [2.45, 2.75) is 0 Å². The van der Waals surface area contributed by atoms with Gasteiger partial charge < -0.3 is 4.90 Å². The molecule has 3 nitrogen and oxygen atoms in total. The number of carbonyl (C=O) groups excluding carboxylic acids is 1. The molecule has 0 N–H and O–H groups in total. The molecule has 0 unspecified atom stereocenters. The summed E-state index contributed by atoms with van der Waals surface area (Å²) in [7, 11) is 1.73. The molecule has 1 heterocycles. The zero-order valence-electron chi connectivity index (χ0n) is 7.10. The molecule has 0 saturated heterocycles. The van der Waals surface area contributed by atoms with Gasteiger partial charge in [0, 0.05) is 12.7 Å². The fourth-order valence-corrected chi connectivity index (χ4v) is 1.83. The second-order valence-electron chi connectivity index (χ2n) is 2.72. The lowest BCUT2D eigenvalue weighted by Gasteiger charge is -2.09. The highest BCUT2D eigenvalue weighted by Gasteiger charge is 2.01. The number of benzene rings is 1. The molecule has 0 bridgehead atoms. The molecule has 1 aromatic heterocycles. The lowest BCUT2D eigenvalue weighted by molar-refractivity contribution is -0.107. The molecule has 0 aliphatic carbocycles. The van der Waals surface area contributed by atoms with Gasteiger partial charge in [-0.15, -0.1) is 11.3 Å². The molecule has 1 aromatic carbocycles. The van der Waals surface area contributed by atoms with Gasteiger partial charge in [-0.2, -0.15) is 0 Å². The van der Waals surface area contributed by atoms with Crippen molar-refractivity contribution in [2.24, 2.45) is 0 Å². The molecule has 66 valence electrons. The van der Waals surface area contributed by atoms with Crippen molar-refractivity contribution in [2.75, 3.05) is 11.9 Å². The van der Waals surface area contributed by atoms with Crippen LogP contribution in [-0.4, -0.2) is 18.4 Å². The van der Waals surface area contributed by atoms with E-state index in [4.69, 9.17) is 0 Å². The molecule has 2 rings (SSSR count). The highest BCUT2D eigenvalue weighted by Crippen LogP contribution is 2.22. The van der Waals surface area contributed by atoms with Crippen LogP contribution in [-0.2, 0) is 4.79 Å². The van der Waals surface area contributed by atoms with Gasteiger partial charge in [-0.1, -0.05) is 0 Å². The Morgan fingerprint density at radius 1 is 1.54 bits per heavy atom. The van der Waals surface area contributed by atoms with Crippen molar-refractivity contribution in [3.05, 3.63) is 23.7 Å². The smallest absolute Gasteiger partial charge is 0.213 e. The van der Waals surface area contributed by atoms with E-state index in [0.29, 0.717) is 0 Å². The highest BCUT2D eigenvalue weighted by molar-refractivity contribution is 7.16. The zero-order chi connectivity index (χ0) is 9.26. The Morgan fingerprint density at radius 3 is 3.15 bits per heavy atom. The monoisotopic (exact) mass is 192 g/mol. The number of rotatable bonds is 2. The number of hydrogen-bond donors (Lipinski definition) is 0. The van der Waals surface area contributed by atoms with Gasteiger partial charge in [0.15, 0.2) is 0 Å². The Balaban J connectivity index is 2.53. The van der Waals surface area contributed by atoms with Gasteiger partial charge in [0.25, 0.3) is 0 Å². The van der Waals surface area contributed by atoms with Gasteiger partial charge >= 0.3 is 0 Å². The first kappa shape index (κ1) is 8.19. The number of anilines is 1. The van der Waals surface area contributed by atoms with Crippen LogP contribution in [0.25, 0.3) is 10.2 Å². The first-order valence-corrected chi connectivity index (χ1v) is 4.70. The maximum Gasteiger partial charge on any atom is 0.213 e. The van der Waals surface area contributed by atoms with Crippen LogP contribution in [0.5, 0.6) is 0 Å². The van der Waals surface area contributed by atoms with Gasteiger partial charge in [-0.3, -0.25) is 4.79 Å². The van der Waals surface area contributed by atoms with E-state index < -0.39 is 0 Å². The van der Waals surface area contributed by atoms with E-state index in [1.54, 1.807) is 28.8 Å². The quantitative estimate of drug-likeness (QED) is 0.681. The molecule has 0 atom stereocenters. The summed E-state index contributed by atoms with van der Waals surface area (Å²) in [5, 5.41) is 0. The van der Waals surface area contributed by atoms with Gasteiger partial charge in [0.1, 0.15) is 0 Å². The second kappa shape index (κ2) is 3.14. The summed E-state index contributed by atoms with van der Waals surface area (Å²) in [4.78, 5) is 16.2. The first-order valence-electron chi connectivity index (χ1n) is 3.82. The molecule has 1 amide bonds. The summed E-state index contributed by atoms with van der Waals surface area (Å²) in [6, 6.07) is 5.76. The number of amides is 1. The third-order valence-electron chi connectivity index (χ3n) is 1.88. The Labute approximate surface area is 79.6 Å². The SMILES string of the molecule is CN(C=O)c1ccc2ncsc2c1. The molecular weight excluding hydrogens is 184 g/mol. The van der Waals surface area contributed by atoms with Gasteiger partial charge in [-0.25, -0.2) is 4.98 Å². The summed E-state index contributed by atoms with van der Waals surface area (Å²) in [6.07, 6.45) is 0.794. The molecule has 0 saturated carbocycles. The van der Waals surface area contributed by atoms with E-state index >= 15 is 0 Å². The number of carbonyl (C=O) groups is 1. The van der Waals surface area contributed by atoms with E-state index in [1.165, 1.54) is 0 Å². The second-order valence-corrected chi connectivity index (χ2v) is 3.61. The van der Waals surface area contributed by atoms with Crippen molar-refractivity contribution in [1.82, 2.24) is 4.98 Å². The van der Waals surface area contributed by atoms with Gasteiger partial charge in [-0.05, 0) is 18.2 Å². The van der Waals surface area contributed by atoms with Gasteiger partial charge in [0.05, 0.1) is 15.7 Å². The largest absolute Gasteiger partial charge is 0.318 e. The average molecular weight is 192 g/mol. The number of fused-ring (bicyclic) bond motifs is 1. The van der Waals surface area contributed by atoms with Crippen molar-refractivity contribution in [1.29, 1.82) is 0 Å². The normalized spacial score (nSPS) is 10.2. The Hall–Kier alpha value is -1.42. The van der Waals surface area contributed by atoms with Crippen molar-refractivity contribution < 1.29 is 4.79 Å². The minimum absolute atomic E-state index is 0.794. The molecule has 0 aliphatic rings. The van der Waals surface area contributed by atoms with Crippen LogP contribution in [0, 0.1) is 0 Å². The van der Waals surface area contributed by atoms with Crippen LogP contribution in [0.1, 0.15) is 0 Å². The summed E-state index contributed by atoms with van der Waals surface area (Å²) in [5.41, 5.74) is 3.68. The molecule has 0 aliphatic heterocycles. The van der Waals surface area contributed by atoms with Crippen LogP contribution in [0.2, 0.25) is 0 Å². The number of hydrogen-bond acceptors (Lipinski definition) is 3. The lowest BCUT2D eigenvalue weighted by Crippen LogP contribution is -2.13. The Bertz CT molecular complexity index is 438.